The zero-order valence-corrected chi connectivity index (χ0v) is 11.6. The summed E-state index contributed by atoms with van der Waals surface area (Å²) in [6.07, 6.45) is 0. The molecule has 0 fully saturated rings. The number of nitrogens with one attached hydrogen (secondary N) is 3. The van der Waals surface area contributed by atoms with Gasteiger partial charge in [0, 0.05) is 17.0 Å². The Morgan fingerprint density at radius 2 is 1.89 bits per heavy atom. The molecule has 3 N–H and O–H groups in total. The second-order valence-corrected chi connectivity index (χ2v) is 6.72. The van der Waals surface area contributed by atoms with Gasteiger partial charge in [-0.3, -0.25) is 14.6 Å². The van der Waals surface area contributed by atoms with Crippen LogP contribution >= 0.6 is 11.3 Å². The molecule has 2 aromatic heterocycles. The molecule has 0 aliphatic heterocycles. The first-order valence-electron chi connectivity index (χ1n) is 5.05. The number of anilines is 1. The van der Waals surface area contributed by atoms with Crippen molar-refractivity contribution in [2.24, 2.45) is 0 Å². The highest BCUT2D eigenvalue weighted by Gasteiger charge is 2.22. The van der Waals surface area contributed by atoms with Crippen LogP contribution in [-0.2, 0) is 10.0 Å². The topological polar surface area (TPSA) is 108 Å². The first-order valence-corrected chi connectivity index (χ1v) is 7.35. The van der Waals surface area contributed by atoms with Gasteiger partial charge in [0.2, 0.25) is 0 Å². The average Bonchev–Trinajstić information content (AvgIpc) is 2.75. The molecule has 0 radical (unpaired) electrons. The van der Waals surface area contributed by atoms with E-state index in [2.05, 4.69) is 19.9 Å². The lowest BCUT2D eigenvalue weighted by Crippen LogP contribution is -2.13. The Hall–Kier alpha value is -1.61. The Bertz CT molecular complexity index is 738. The molecule has 18 heavy (non-hydrogen) atoms. The molecule has 0 bridgehead atoms. The summed E-state index contributed by atoms with van der Waals surface area (Å²) in [6.45, 7) is 5.08. The van der Waals surface area contributed by atoms with Gasteiger partial charge in [-0.1, -0.05) is 11.3 Å². The first kappa shape index (κ1) is 12.8. The van der Waals surface area contributed by atoms with Crippen molar-refractivity contribution < 1.29 is 8.42 Å². The highest BCUT2D eigenvalue weighted by molar-refractivity contribution is 7.94. The van der Waals surface area contributed by atoms with Gasteiger partial charge in [0.15, 0.2) is 10.0 Å². The van der Waals surface area contributed by atoms with Crippen molar-refractivity contribution in [3.05, 3.63) is 26.6 Å². The Balaban J connectivity index is 2.42. The van der Waals surface area contributed by atoms with Gasteiger partial charge >= 0.3 is 4.87 Å². The quantitative estimate of drug-likeness (QED) is 0.779. The maximum absolute atomic E-state index is 12.1. The third kappa shape index (κ3) is 2.18. The molecule has 2 aromatic rings. The van der Waals surface area contributed by atoms with E-state index in [1.54, 1.807) is 13.8 Å². The van der Waals surface area contributed by atoms with E-state index in [1.165, 1.54) is 6.92 Å². The van der Waals surface area contributed by atoms with E-state index in [0.29, 0.717) is 17.0 Å². The number of aromatic nitrogens is 3. The Morgan fingerprint density at radius 1 is 1.22 bits per heavy atom. The molecular weight excluding hydrogens is 276 g/mol. The number of nitrogens with zero attached hydrogens (tertiary/aromatic N) is 1. The highest BCUT2D eigenvalue weighted by atomic mass is 32.2. The monoisotopic (exact) mass is 288 g/mol. The smallest absolute Gasteiger partial charge is 0.306 e. The van der Waals surface area contributed by atoms with E-state index in [4.69, 9.17) is 0 Å². The Morgan fingerprint density at radius 3 is 2.33 bits per heavy atom. The summed E-state index contributed by atoms with van der Waals surface area (Å²) < 4.78 is 26.5. The van der Waals surface area contributed by atoms with Crippen LogP contribution in [-0.4, -0.2) is 23.6 Å². The molecule has 2 heterocycles. The molecule has 2 rings (SSSR count). The van der Waals surface area contributed by atoms with Crippen LogP contribution in [0.3, 0.4) is 0 Å². The third-order valence-corrected chi connectivity index (χ3v) is 5.45. The maximum atomic E-state index is 12.1. The van der Waals surface area contributed by atoms with Crippen LogP contribution in [0.1, 0.15) is 17.0 Å². The van der Waals surface area contributed by atoms with Crippen LogP contribution in [0.5, 0.6) is 0 Å². The van der Waals surface area contributed by atoms with Crippen LogP contribution in [0, 0.1) is 20.8 Å². The summed E-state index contributed by atoms with van der Waals surface area (Å²) in [5.41, 5.74) is 1.83. The molecule has 0 atom stereocenters. The summed E-state index contributed by atoms with van der Waals surface area (Å²) >= 11 is 0.654. The minimum atomic E-state index is -3.78. The van der Waals surface area contributed by atoms with Crippen molar-refractivity contribution in [1.29, 1.82) is 0 Å². The van der Waals surface area contributed by atoms with Crippen LogP contribution in [0.4, 0.5) is 5.82 Å². The standard InChI is InChI=1S/C9H12N4O3S2/c1-4-5(2)11-12-7(4)13-18(15,16)8-6(3)10-9(14)17-8/h1-3H3,(H,10,14)(H2,11,12,13). The molecule has 0 unspecified atom stereocenters. The fraction of sp³-hybridized carbons (Fsp3) is 0.333. The predicted octanol–water partition coefficient (Wildman–Crippen LogP) is 0.886. The summed E-state index contributed by atoms with van der Waals surface area (Å²) in [6, 6.07) is 0. The van der Waals surface area contributed by atoms with Crippen LogP contribution < -0.4 is 9.60 Å². The lowest BCUT2D eigenvalue weighted by atomic mass is 10.3. The lowest BCUT2D eigenvalue weighted by molar-refractivity contribution is 0.602. The minimum Gasteiger partial charge on any atom is -0.315 e. The van der Waals surface area contributed by atoms with E-state index in [9.17, 15) is 13.2 Å². The van der Waals surface area contributed by atoms with Crippen LogP contribution in [0.15, 0.2) is 9.00 Å². The molecule has 0 aliphatic carbocycles. The van der Waals surface area contributed by atoms with E-state index in [-0.39, 0.29) is 10.0 Å². The summed E-state index contributed by atoms with van der Waals surface area (Å²) in [4.78, 5) is 13.2. The number of hydrogen-bond acceptors (Lipinski definition) is 5. The zero-order chi connectivity index (χ0) is 13.5. The normalized spacial score (nSPS) is 11.7. The highest BCUT2D eigenvalue weighted by Crippen LogP contribution is 2.22. The molecule has 0 aliphatic rings. The van der Waals surface area contributed by atoms with E-state index in [1.807, 2.05) is 0 Å². The largest absolute Gasteiger partial charge is 0.315 e. The van der Waals surface area contributed by atoms with E-state index >= 15 is 0 Å². The van der Waals surface area contributed by atoms with Gasteiger partial charge in [0.05, 0.1) is 0 Å². The molecule has 98 valence electrons. The van der Waals surface area contributed by atoms with Gasteiger partial charge in [-0.15, -0.1) is 0 Å². The molecule has 0 saturated heterocycles. The third-order valence-electron chi connectivity index (χ3n) is 2.51. The predicted molar refractivity (Wildman–Crippen MR) is 68.5 cm³/mol. The van der Waals surface area contributed by atoms with Crippen molar-refractivity contribution in [3.63, 3.8) is 0 Å². The second-order valence-electron chi connectivity index (χ2n) is 3.85. The van der Waals surface area contributed by atoms with E-state index < -0.39 is 14.9 Å². The van der Waals surface area contributed by atoms with Crippen molar-refractivity contribution in [3.8, 4) is 0 Å². The Labute approximate surface area is 107 Å². The van der Waals surface area contributed by atoms with Gasteiger partial charge in [-0.05, 0) is 20.8 Å². The van der Waals surface area contributed by atoms with Crippen molar-refractivity contribution in [2.75, 3.05) is 4.72 Å². The fourth-order valence-electron chi connectivity index (χ4n) is 1.40. The van der Waals surface area contributed by atoms with Gasteiger partial charge in [0.1, 0.15) is 0 Å². The number of H-pyrrole nitrogens is 2. The summed E-state index contributed by atoms with van der Waals surface area (Å²) in [7, 11) is -3.78. The molecular formula is C9H12N4O3S2. The first-order chi connectivity index (χ1) is 8.31. The molecule has 0 aromatic carbocycles. The number of rotatable bonds is 3. The number of thiazole rings is 1. The molecule has 0 spiro atoms. The summed E-state index contributed by atoms with van der Waals surface area (Å²) in [5, 5.41) is 6.55. The average molecular weight is 288 g/mol. The second kappa shape index (κ2) is 4.25. The number of aromatic amines is 2. The van der Waals surface area contributed by atoms with Gasteiger partial charge in [-0.2, -0.15) is 5.10 Å². The van der Waals surface area contributed by atoms with Gasteiger partial charge in [0.25, 0.3) is 10.0 Å². The van der Waals surface area contributed by atoms with Crippen LogP contribution in [0.25, 0.3) is 0 Å². The summed E-state index contributed by atoms with van der Waals surface area (Å²) in [5.74, 6) is 0.243. The molecule has 0 amide bonds. The van der Waals surface area contributed by atoms with Crippen molar-refractivity contribution >= 4 is 27.2 Å². The van der Waals surface area contributed by atoms with Crippen LogP contribution in [0.2, 0.25) is 0 Å². The molecule has 9 heteroatoms. The molecule has 7 nitrogen and oxygen atoms in total. The maximum Gasteiger partial charge on any atom is 0.306 e. The molecule has 0 saturated carbocycles. The van der Waals surface area contributed by atoms with Crippen molar-refractivity contribution in [1.82, 2.24) is 15.2 Å². The number of aryl methyl sites for hydroxylation is 2. The minimum absolute atomic E-state index is 0.0208. The van der Waals surface area contributed by atoms with Gasteiger partial charge < -0.3 is 4.98 Å². The number of hydrogen-bond donors (Lipinski definition) is 3. The van der Waals surface area contributed by atoms with Crippen molar-refractivity contribution in [2.45, 2.75) is 25.0 Å². The lowest BCUT2D eigenvalue weighted by Gasteiger charge is -2.04. The fourth-order valence-corrected chi connectivity index (χ4v) is 3.77. The van der Waals surface area contributed by atoms with Gasteiger partial charge in [-0.25, -0.2) is 8.42 Å². The van der Waals surface area contributed by atoms with E-state index in [0.717, 1.165) is 11.3 Å². The SMILES string of the molecule is Cc1[nH]c(=O)sc1S(=O)(=O)Nc1n[nH]c(C)c1C. The number of sulfonamides is 1. The zero-order valence-electron chi connectivity index (χ0n) is 9.99. The Kier molecular flexibility index (Phi) is 3.03.